The van der Waals surface area contributed by atoms with Crippen molar-refractivity contribution in [1.82, 2.24) is 0 Å². The second-order valence-corrected chi connectivity index (χ2v) is 9.07. The fourth-order valence-corrected chi connectivity index (χ4v) is 6.17. The van der Waals surface area contributed by atoms with Crippen LogP contribution in [0.3, 0.4) is 0 Å². The van der Waals surface area contributed by atoms with Crippen LogP contribution in [0.15, 0.2) is 47.1 Å². The Labute approximate surface area is 166 Å². The quantitative estimate of drug-likeness (QED) is 0.420. The molecule has 4 aliphatic rings. The maximum atomic E-state index is 12.7. The highest BCUT2D eigenvalue weighted by Crippen LogP contribution is 2.63. The summed E-state index contributed by atoms with van der Waals surface area (Å²) in [4.78, 5) is 36.8. The molecule has 4 nitrogen and oxygen atoms in total. The molecule has 0 saturated heterocycles. The molecule has 0 aromatic heterocycles. The van der Waals surface area contributed by atoms with Crippen molar-refractivity contribution in [2.75, 3.05) is 6.61 Å². The van der Waals surface area contributed by atoms with Crippen molar-refractivity contribution >= 4 is 17.5 Å². The largest absolute Gasteiger partial charge is 0.460 e. The van der Waals surface area contributed by atoms with Crippen LogP contribution in [0.1, 0.15) is 47.0 Å². The number of esters is 1. The third-order valence-electron chi connectivity index (χ3n) is 7.56. The minimum Gasteiger partial charge on any atom is -0.460 e. The fourth-order valence-electron chi connectivity index (χ4n) is 6.17. The van der Waals surface area contributed by atoms with Gasteiger partial charge in [-0.1, -0.05) is 37.6 Å². The molecule has 148 valence electrons. The molecule has 0 aliphatic heterocycles. The van der Waals surface area contributed by atoms with Crippen molar-refractivity contribution in [1.29, 1.82) is 0 Å². The van der Waals surface area contributed by atoms with E-state index >= 15 is 0 Å². The summed E-state index contributed by atoms with van der Waals surface area (Å²) in [6.45, 7) is 8.46. The first-order valence-electron chi connectivity index (χ1n) is 10.3. The Balaban J connectivity index is 1.71. The number of ketones is 2. The highest BCUT2D eigenvalue weighted by Gasteiger charge is 2.55. The molecule has 0 bridgehead atoms. The minimum atomic E-state index is -0.742. The number of hydrogen-bond acceptors (Lipinski definition) is 4. The van der Waals surface area contributed by atoms with Gasteiger partial charge in [-0.2, -0.15) is 0 Å². The van der Waals surface area contributed by atoms with Gasteiger partial charge in [0.2, 0.25) is 0 Å². The van der Waals surface area contributed by atoms with Gasteiger partial charge in [0.25, 0.3) is 5.78 Å². The van der Waals surface area contributed by atoms with E-state index in [4.69, 9.17) is 4.74 Å². The first-order chi connectivity index (χ1) is 13.2. The standard InChI is InChI=1S/C24H28O4/c1-5-28-22(27)21(26)19-7-6-17-16-12-14(2)20-13-15(25)8-10-24(20,4)18(16)9-11-23(17,19)3/h7-10,13-14,16-17H,5-6,11-12H2,1-4H3/t14-,16?,17?,23-,24+/m0/s1. The van der Waals surface area contributed by atoms with Crippen LogP contribution in [-0.4, -0.2) is 24.1 Å². The topological polar surface area (TPSA) is 60.4 Å². The normalized spacial score (nSPS) is 38.5. The van der Waals surface area contributed by atoms with Gasteiger partial charge in [0, 0.05) is 16.4 Å². The molecule has 0 aromatic carbocycles. The maximum absolute atomic E-state index is 12.7. The number of carbonyl (C=O) groups is 3. The van der Waals surface area contributed by atoms with Crippen molar-refractivity contribution in [2.45, 2.75) is 47.0 Å². The molecule has 0 amide bonds. The summed E-state index contributed by atoms with van der Waals surface area (Å²) in [5.41, 5.74) is 2.66. The lowest BCUT2D eigenvalue weighted by molar-refractivity contribution is -0.152. The van der Waals surface area contributed by atoms with E-state index in [0.717, 1.165) is 19.3 Å². The lowest BCUT2D eigenvalue weighted by Gasteiger charge is -2.53. The molecule has 1 fully saturated rings. The molecule has 0 N–H and O–H groups in total. The molecule has 4 rings (SSSR count). The molecular weight excluding hydrogens is 352 g/mol. The number of allylic oxidation sites excluding steroid dienone is 7. The van der Waals surface area contributed by atoms with Crippen molar-refractivity contribution in [3.63, 3.8) is 0 Å². The minimum absolute atomic E-state index is 0.0730. The van der Waals surface area contributed by atoms with E-state index in [-0.39, 0.29) is 23.2 Å². The van der Waals surface area contributed by atoms with Crippen LogP contribution in [0.2, 0.25) is 0 Å². The van der Waals surface area contributed by atoms with Crippen molar-refractivity contribution in [3.8, 4) is 0 Å². The molecule has 2 unspecified atom stereocenters. The molecule has 0 radical (unpaired) electrons. The molecule has 4 heteroatoms. The third-order valence-corrected chi connectivity index (χ3v) is 7.56. The second kappa shape index (κ2) is 6.40. The zero-order valence-electron chi connectivity index (χ0n) is 17.1. The SMILES string of the molecule is CCOC(=O)C(=O)C1=CCC2C3C[C@H](C)C4=CC(=O)C=C[C@]4(C)C3=CC[C@]12C. The first kappa shape index (κ1) is 19.1. The molecule has 4 aliphatic carbocycles. The summed E-state index contributed by atoms with van der Waals surface area (Å²) in [5, 5.41) is 0. The number of ether oxygens (including phenoxy) is 1. The average Bonchev–Trinajstić information content (AvgIpc) is 3.00. The Morgan fingerprint density at radius 1 is 1.21 bits per heavy atom. The van der Waals surface area contributed by atoms with Crippen molar-refractivity contribution in [2.24, 2.45) is 28.6 Å². The van der Waals surface area contributed by atoms with Crippen LogP contribution in [0.25, 0.3) is 0 Å². The number of rotatable bonds is 3. The van der Waals surface area contributed by atoms with Gasteiger partial charge in [0.15, 0.2) is 5.78 Å². The summed E-state index contributed by atoms with van der Waals surface area (Å²) in [6, 6.07) is 0. The van der Waals surface area contributed by atoms with Crippen LogP contribution in [0, 0.1) is 28.6 Å². The van der Waals surface area contributed by atoms with Gasteiger partial charge in [0.05, 0.1) is 6.61 Å². The summed E-state index contributed by atoms with van der Waals surface area (Å²) in [5.74, 6) is -0.196. The van der Waals surface area contributed by atoms with Gasteiger partial charge < -0.3 is 4.74 Å². The smallest absolute Gasteiger partial charge is 0.379 e. The second-order valence-electron chi connectivity index (χ2n) is 9.07. The number of carbonyl (C=O) groups excluding carboxylic acids is 3. The average molecular weight is 380 g/mol. The van der Waals surface area contributed by atoms with Crippen LogP contribution in [0.4, 0.5) is 0 Å². The van der Waals surface area contributed by atoms with E-state index in [1.807, 2.05) is 12.2 Å². The molecule has 28 heavy (non-hydrogen) atoms. The molecule has 1 saturated carbocycles. The summed E-state index contributed by atoms with van der Waals surface area (Å²) in [7, 11) is 0. The summed E-state index contributed by atoms with van der Waals surface area (Å²) < 4.78 is 4.97. The predicted molar refractivity (Wildman–Crippen MR) is 106 cm³/mol. The Morgan fingerprint density at radius 3 is 2.68 bits per heavy atom. The van der Waals surface area contributed by atoms with Crippen LogP contribution in [0.5, 0.6) is 0 Å². The number of hydrogen-bond donors (Lipinski definition) is 0. The fraction of sp³-hybridized carbons (Fsp3) is 0.542. The lowest BCUT2D eigenvalue weighted by Crippen LogP contribution is -2.46. The van der Waals surface area contributed by atoms with E-state index < -0.39 is 11.8 Å². The monoisotopic (exact) mass is 380 g/mol. The third kappa shape index (κ3) is 2.53. The van der Waals surface area contributed by atoms with E-state index in [1.54, 1.807) is 13.0 Å². The number of Topliss-reactive ketones (excluding diaryl/α,β-unsaturated/α-hetero) is 1. The lowest BCUT2D eigenvalue weighted by atomic mass is 9.50. The highest BCUT2D eigenvalue weighted by atomic mass is 16.5. The van der Waals surface area contributed by atoms with Crippen molar-refractivity contribution in [3.05, 3.63) is 47.1 Å². The van der Waals surface area contributed by atoms with Crippen LogP contribution >= 0.6 is 0 Å². The zero-order valence-corrected chi connectivity index (χ0v) is 17.1. The van der Waals surface area contributed by atoms with Gasteiger partial charge in [-0.25, -0.2) is 4.79 Å². The van der Waals surface area contributed by atoms with Gasteiger partial charge >= 0.3 is 5.97 Å². The molecule has 0 heterocycles. The molecule has 0 spiro atoms. The number of fused-ring (bicyclic) bond motifs is 5. The van der Waals surface area contributed by atoms with Gasteiger partial charge in [-0.3, -0.25) is 9.59 Å². The first-order valence-corrected chi connectivity index (χ1v) is 10.3. The van der Waals surface area contributed by atoms with E-state index in [2.05, 4.69) is 32.9 Å². The van der Waals surface area contributed by atoms with Gasteiger partial charge in [0.1, 0.15) is 0 Å². The Bertz CT molecular complexity index is 886. The summed E-state index contributed by atoms with van der Waals surface area (Å²) in [6.07, 6.45) is 12.3. The summed E-state index contributed by atoms with van der Waals surface area (Å²) >= 11 is 0. The predicted octanol–water partition coefficient (Wildman–Crippen LogP) is 4.13. The van der Waals surface area contributed by atoms with E-state index in [9.17, 15) is 14.4 Å². The Kier molecular flexibility index (Phi) is 4.36. The van der Waals surface area contributed by atoms with E-state index in [1.165, 1.54) is 11.1 Å². The van der Waals surface area contributed by atoms with Crippen LogP contribution in [-0.2, 0) is 19.1 Å². The van der Waals surface area contributed by atoms with Crippen molar-refractivity contribution < 1.29 is 19.1 Å². The Morgan fingerprint density at radius 2 is 1.96 bits per heavy atom. The molecule has 5 atom stereocenters. The maximum Gasteiger partial charge on any atom is 0.379 e. The van der Waals surface area contributed by atoms with Crippen LogP contribution < -0.4 is 0 Å². The Hall–Kier alpha value is -2.23. The molecular formula is C24H28O4. The zero-order chi connectivity index (χ0) is 20.3. The molecule has 0 aromatic rings. The van der Waals surface area contributed by atoms with E-state index in [0.29, 0.717) is 23.3 Å². The van der Waals surface area contributed by atoms with Gasteiger partial charge in [-0.15, -0.1) is 0 Å². The highest BCUT2D eigenvalue weighted by molar-refractivity contribution is 6.40. The van der Waals surface area contributed by atoms with Gasteiger partial charge in [-0.05, 0) is 68.6 Å².